The van der Waals surface area contributed by atoms with E-state index in [1.54, 1.807) is 5.30 Å². The number of hydrogen-bond acceptors (Lipinski definition) is 0. The first-order chi connectivity index (χ1) is 12.5. The average Bonchev–Trinajstić information content (AvgIpc) is 3.27. The van der Waals surface area contributed by atoms with E-state index in [0.717, 1.165) is 11.8 Å². The Morgan fingerprint density at radius 1 is 0.923 bits per heavy atom. The Hall–Kier alpha value is -0.0957. The Morgan fingerprint density at radius 2 is 1.46 bits per heavy atom. The van der Waals surface area contributed by atoms with Gasteiger partial charge in [0.2, 0.25) is 0 Å². The molecule has 3 rings (SSSR count). The summed E-state index contributed by atoms with van der Waals surface area (Å²) in [5.41, 5.74) is 0. The van der Waals surface area contributed by atoms with E-state index in [9.17, 15) is 0 Å². The molecule has 0 aliphatic rings. The van der Waals surface area contributed by atoms with Gasteiger partial charge in [-0.3, -0.25) is 0 Å². The second kappa shape index (κ2) is 14.0. The molecule has 0 nitrogen and oxygen atoms in total. The van der Waals surface area contributed by atoms with E-state index in [0.29, 0.717) is 0 Å². The average molecular weight is 443 g/mol. The summed E-state index contributed by atoms with van der Waals surface area (Å²) in [6, 6.07) is 23.6. The molecule has 0 unspecified atom stereocenters. The fourth-order valence-electron chi connectivity index (χ4n) is 2.80. The summed E-state index contributed by atoms with van der Waals surface area (Å²) in [6.07, 6.45) is 2.73. The number of hydrogen-bond donors (Lipinski definition) is 0. The maximum Gasteiger partial charge on any atom is -0.172 e. The van der Waals surface area contributed by atoms with Gasteiger partial charge >= 0.3 is 35.6 Å². The van der Waals surface area contributed by atoms with Crippen molar-refractivity contribution >= 4 is 42.6 Å². The smallest absolute Gasteiger partial charge is 0.172 e. The fourth-order valence-corrected chi connectivity index (χ4v) is 5.78. The van der Waals surface area contributed by atoms with E-state index in [1.165, 1.54) is 23.1 Å². The van der Waals surface area contributed by atoms with Crippen LogP contribution in [0.1, 0.15) is 27.7 Å². The summed E-state index contributed by atoms with van der Waals surface area (Å²) in [4.78, 5) is 0. The van der Waals surface area contributed by atoms with E-state index >= 15 is 0 Å². The number of rotatable bonds is 5. The van der Waals surface area contributed by atoms with Crippen molar-refractivity contribution in [1.29, 1.82) is 0 Å². The van der Waals surface area contributed by atoms with Crippen LogP contribution in [0.2, 0.25) is 0 Å². The zero-order chi connectivity index (χ0) is 19.4. The van der Waals surface area contributed by atoms with Gasteiger partial charge < -0.3 is 0 Å². The summed E-state index contributed by atoms with van der Waals surface area (Å²) in [7, 11) is 9.80. The van der Waals surface area contributed by atoms with E-state index in [4.69, 9.17) is 18.6 Å². The maximum absolute atomic E-state index is 4.89. The van der Waals surface area contributed by atoms with Crippen LogP contribution in [-0.2, 0) is 17.0 Å². The maximum atomic E-state index is 4.89. The van der Waals surface area contributed by atoms with Gasteiger partial charge in [0, 0.05) is 0 Å². The molecule has 4 heteroatoms. The van der Waals surface area contributed by atoms with Gasteiger partial charge in [-0.25, -0.2) is 12.1 Å². The van der Waals surface area contributed by atoms with Crippen LogP contribution in [0.5, 0.6) is 0 Å². The molecule has 0 saturated carbocycles. The van der Waals surface area contributed by atoms with Gasteiger partial charge in [-0.2, -0.15) is 24.3 Å². The molecule has 26 heavy (non-hydrogen) atoms. The molecular formula is C22H29Cl2PTi-2. The molecule has 0 heterocycles. The molecule has 0 amide bonds. The van der Waals surface area contributed by atoms with Crippen LogP contribution in [0.25, 0.3) is 10.8 Å². The van der Waals surface area contributed by atoms with Crippen LogP contribution in [-0.4, -0.2) is 12.3 Å². The molecule has 3 aromatic rings. The van der Waals surface area contributed by atoms with Crippen LogP contribution in [0.3, 0.4) is 0 Å². The molecule has 0 spiro atoms. The van der Waals surface area contributed by atoms with E-state index < -0.39 is 17.0 Å². The normalized spacial score (nSPS) is 10.5. The van der Waals surface area contributed by atoms with E-state index in [2.05, 4.69) is 64.1 Å². The Bertz CT molecular complexity index is 629. The van der Waals surface area contributed by atoms with Gasteiger partial charge in [-0.05, 0) is 24.2 Å². The summed E-state index contributed by atoms with van der Waals surface area (Å²) < 4.78 is 0. The third kappa shape index (κ3) is 9.73. The van der Waals surface area contributed by atoms with Crippen LogP contribution in [0.15, 0.2) is 66.7 Å². The van der Waals surface area contributed by atoms with Crippen molar-refractivity contribution in [1.82, 2.24) is 0 Å². The molecule has 0 radical (unpaired) electrons. The second-order valence-corrected chi connectivity index (χ2v) is 12.0. The van der Waals surface area contributed by atoms with Gasteiger partial charge in [0.25, 0.3) is 0 Å². The molecular weight excluding hydrogens is 414 g/mol. The number of halogens is 2. The Kier molecular flexibility index (Phi) is 12.9. The molecule has 0 aliphatic carbocycles. The minimum Gasteiger partial charge on any atom is -0.214 e. The van der Waals surface area contributed by atoms with Crippen molar-refractivity contribution in [3.63, 3.8) is 0 Å². The zero-order valence-electron chi connectivity index (χ0n) is 16.1. The van der Waals surface area contributed by atoms with Gasteiger partial charge in [0.1, 0.15) is 0 Å². The first-order valence-electron chi connectivity index (χ1n) is 9.01. The van der Waals surface area contributed by atoms with E-state index in [1.807, 2.05) is 30.3 Å². The van der Waals surface area contributed by atoms with Crippen LogP contribution in [0, 0.1) is 11.8 Å². The molecule has 0 bridgehead atoms. The standard InChI is InChI=1S/C17H24P.C5H5.2ClH.Ti/c1-13(2)11-18(12-14(3)4)17-9-15-7-5-6-8-16(15)10-17;1-2-4-5-3-1;;;/h5-10,13-14H,11-12H2,1-4H3;1-5H;2*1H;/q2*-1;;;+2/p-2. The SMILES string of the molecule is CC(C)CP(CC(C)C)c1cc2ccccc2[cH-]1.[Cl][Ti][Cl].c1cc[cH-]c1. The second-order valence-electron chi connectivity index (χ2n) is 7.07. The van der Waals surface area contributed by atoms with Crippen molar-refractivity contribution in [2.45, 2.75) is 27.7 Å². The van der Waals surface area contributed by atoms with Crippen LogP contribution in [0.4, 0.5) is 0 Å². The molecule has 0 aromatic heterocycles. The van der Waals surface area contributed by atoms with Crippen molar-refractivity contribution in [2.24, 2.45) is 11.8 Å². The predicted octanol–water partition coefficient (Wildman–Crippen LogP) is 7.76. The molecule has 0 N–H and O–H groups in total. The molecule has 0 atom stereocenters. The van der Waals surface area contributed by atoms with Gasteiger partial charge in [0.05, 0.1) is 0 Å². The minimum atomic E-state index is -0.556. The van der Waals surface area contributed by atoms with Crippen molar-refractivity contribution in [2.75, 3.05) is 12.3 Å². The largest absolute Gasteiger partial charge is 0.214 e. The summed E-state index contributed by atoms with van der Waals surface area (Å²) in [6.45, 7) is 9.38. The molecule has 0 aliphatic heterocycles. The van der Waals surface area contributed by atoms with E-state index in [-0.39, 0.29) is 7.92 Å². The third-order valence-corrected chi connectivity index (χ3v) is 7.03. The van der Waals surface area contributed by atoms with Crippen LogP contribution < -0.4 is 5.30 Å². The quantitative estimate of drug-likeness (QED) is 0.215. The summed E-state index contributed by atoms with van der Waals surface area (Å²) >= 11 is -0.556. The van der Waals surface area contributed by atoms with Crippen LogP contribution >= 0.6 is 26.5 Å². The number of fused-ring (bicyclic) bond motifs is 1. The molecule has 0 fully saturated rings. The fraction of sp³-hybridized carbons (Fsp3) is 0.364. The molecule has 142 valence electrons. The number of benzene rings is 1. The molecule has 0 saturated heterocycles. The van der Waals surface area contributed by atoms with Gasteiger partial charge in [-0.15, -0.1) is 40.3 Å². The first kappa shape index (κ1) is 23.9. The first-order valence-corrected chi connectivity index (χ1v) is 15.0. The Balaban J connectivity index is 0.000000351. The Labute approximate surface area is 177 Å². The van der Waals surface area contributed by atoms with Crippen molar-refractivity contribution in [3.8, 4) is 0 Å². The summed E-state index contributed by atoms with van der Waals surface area (Å²) in [5, 5.41) is 4.42. The minimum absolute atomic E-state index is 0.0185. The van der Waals surface area contributed by atoms with Gasteiger partial charge in [-0.1, -0.05) is 41.7 Å². The van der Waals surface area contributed by atoms with Crippen molar-refractivity contribution in [3.05, 3.63) is 66.7 Å². The zero-order valence-corrected chi connectivity index (χ0v) is 20.1. The summed E-state index contributed by atoms with van der Waals surface area (Å²) in [5.74, 6) is 1.60. The predicted molar refractivity (Wildman–Crippen MR) is 119 cm³/mol. The van der Waals surface area contributed by atoms with Gasteiger partial charge in [0.15, 0.2) is 0 Å². The monoisotopic (exact) mass is 442 g/mol. The topological polar surface area (TPSA) is 0 Å². The Morgan fingerprint density at radius 3 is 1.88 bits per heavy atom. The molecule has 3 aromatic carbocycles. The van der Waals surface area contributed by atoms with Crippen molar-refractivity contribution < 1.29 is 17.0 Å². The third-order valence-electron chi connectivity index (χ3n) is 3.69.